The molecule has 3 saturated carbocycles. The summed E-state index contributed by atoms with van der Waals surface area (Å²) in [4.78, 5) is 30.4. The van der Waals surface area contributed by atoms with E-state index in [4.69, 9.17) is 14.0 Å². The molecule has 7 atom stereocenters. The Bertz CT molecular complexity index is 1240. The lowest BCUT2D eigenvalue weighted by Crippen LogP contribution is -2.65. The number of amides is 2. The molecule has 39 heavy (non-hydrogen) atoms. The number of benzene rings is 1. The number of carbonyl (C=O) groups excluding carboxylic acids is 2. The van der Waals surface area contributed by atoms with Gasteiger partial charge in [0.05, 0.1) is 29.3 Å². The number of para-hydroxylation sites is 1. The van der Waals surface area contributed by atoms with Gasteiger partial charge in [0.25, 0.3) is 0 Å². The summed E-state index contributed by atoms with van der Waals surface area (Å²) in [5.74, 6) is 0.397. The Morgan fingerprint density at radius 3 is 2.56 bits per heavy atom. The molecule has 1 aromatic heterocycles. The minimum atomic E-state index is -1.24. The van der Waals surface area contributed by atoms with Crippen LogP contribution < -0.4 is 15.4 Å². The summed E-state index contributed by atoms with van der Waals surface area (Å²) in [5.41, 5.74) is 0.486. The third-order valence-corrected chi connectivity index (χ3v) is 9.16. The monoisotopic (exact) mass is 537 g/mol. The summed E-state index contributed by atoms with van der Waals surface area (Å²) in [6, 6.07) is 9.61. The van der Waals surface area contributed by atoms with Gasteiger partial charge >= 0.3 is 13.2 Å². The molecule has 3 N–H and O–H groups in total. The number of fused-ring (bicyclic) bond motifs is 1. The fourth-order valence-corrected chi connectivity index (χ4v) is 6.85. The Morgan fingerprint density at radius 2 is 1.87 bits per heavy atom. The van der Waals surface area contributed by atoms with Crippen molar-refractivity contribution in [3.05, 3.63) is 36.4 Å². The van der Waals surface area contributed by atoms with Crippen molar-refractivity contribution in [1.82, 2.24) is 15.6 Å². The molecule has 0 radical (unpaired) electrons. The Balaban J connectivity index is 1.25. The van der Waals surface area contributed by atoms with Crippen LogP contribution in [0.1, 0.15) is 60.8 Å². The first-order chi connectivity index (χ1) is 18.4. The highest BCUT2D eigenvalue weighted by Crippen LogP contribution is 2.65. The molecule has 9 nitrogen and oxygen atoms in total. The average molecular weight is 537 g/mol. The van der Waals surface area contributed by atoms with Crippen molar-refractivity contribution in [3.63, 3.8) is 0 Å². The van der Waals surface area contributed by atoms with Gasteiger partial charge in [-0.3, -0.25) is 4.79 Å². The Kier molecular flexibility index (Phi) is 7.41. The lowest BCUT2D eigenvalue weighted by molar-refractivity contribution is -0.199. The zero-order valence-electron chi connectivity index (χ0n) is 23.6. The summed E-state index contributed by atoms with van der Waals surface area (Å²) in [6.07, 6.45) is 0.647. The first kappa shape index (κ1) is 27.9. The molecule has 6 rings (SSSR count). The van der Waals surface area contributed by atoms with Crippen LogP contribution in [0.2, 0.25) is 0 Å². The zero-order chi connectivity index (χ0) is 28.1. The van der Waals surface area contributed by atoms with Crippen LogP contribution in [0.15, 0.2) is 36.4 Å². The Labute approximate surface area is 230 Å². The summed E-state index contributed by atoms with van der Waals surface area (Å²) < 4.78 is 18.4. The lowest BCUT2D eigenvalue weighted by atomic mass is 9.43. The van der Waals surface area contributed by atoms with Gasteiger partial charge in [0.2, 0.25) is 11.8 Å². The second-order valence-electron chi connectivity index (χ2n) is 12.7. The maximum absolute atomic E-state index is 13.4. The highest BCUT2D eigenvalue weighted by molar-refractivity contribution is 6.48. The summed E-state index contributed by atoms with van der Waals surface area (Å²) >= 11 is 0. The van der Waals surface area contributed by atoms with Crippen molar-refractivity contribution in [2.45, 2.75) is 90.6 Å². The van der Waals surface area contributed by atoms with E-state index in [1.165, 1.54) is 6.92 Å². The lowest BCUT2D eigenvalue weighted by Gasteiger charge is -2.64. The standard InChI is InChI=1S/C29H40BN3O6/c1-16(2)13-23(30-38-22-15-19-14-21(28(19,4)5)29(22,6)39-30)32-26(35)25(17(3)34)33-27(36)37-24-12-11-18-9-7-8-10-20(18)31-24/h7-12,16-17,19,21-23,25,34H,13-15H2,1-6H3,(H,32,35)(H,33,36)/t17-,19+,21+,22-,23+,25+,29+/m1/s1. The van der Waals surface area contributed by atoms with Crippen molar-refractivity contribution in [3.8, 4) is 5.88 Å². The number of aromatic nitrogens is 1. The number of aliphatic hydroxyl groups is 1. The number of nitrogens with zero attached hydrogens (tertiary/aromatic N) is 1. The van der Waals surface area contributed by atoms with Gasteiger partial charge in [0.1, 0.15) is 6.04 Å². The Hall–Kier alpha value is -2.69. The molecule has 210 valence electrons. The normalized spacial score (nSPS) is 29.2. The minimum absolute atomic E-state index is 0.0130. The van der Waals surface area contributed by atoms with E-state index in [1.54, 1.807) is 12.1 Å². The molecule has 4 aliphatic rings. The van der Waals surface area contributed by atoms with E-state index in [-0.39, 0.29) is 23.3 Å². The van der Waals surface area contributed by atoms with E-state index < -0.39 is 42.8 Å². The van der Waals surface area contributed by atoms with Gasteiger partial charge in [-0.05, 0) is 68.4 Å². The molecule has 1 saturated heterocycles. The van der Waals surface area contributed by atoms with Gasteiger partial charge in [-0.15, -0.1) is 0 Å². The van der Waals surface area contributed by atoms with Crippen LogP contribution in [0.25, 0.3) is 10.9 Å². The first-order valence-electron chi connectivity index (χ1n) is 14.0. The van der Waals surface area contributed by atoms with E-state index >= 15 is 0 Å². The van der Waals surface area contributed by atoms with Gasteiger partial charge in [-0.1, -0.05) is 45.9 Å². The minimum Gasteiger partial charge on any atom is -0.404 e. The van der Waals surface area contributed by atoms with Gasteiger partial charge < -0.3 is 29.8 Å². The van der Waals surface area contributed by atoms with Crippen molar-refractivity contribution in [1.29, 1.82) is 0 Å². The quantitative estimate of drug-likeness (QED) is 0.438. The molecule has 2 heterocycles. The van der Waals surface area contributed by atoms with Gasteiger partial charge in [0.15, 0.2) is 0 Å². The largest absolute Gasteiger partial charge is 0.481 e. The molecule has 2 aromatic rings. The van der Waals surface area contributed by atoms with Crippen LogP contribution in [-0.2, 0) is 14.1 Å². The second-order valence-corrected chi connectivity index (χ2v) is 12.7. The topological polar surface area (TPSA) is 119 Å². The Morgan fingerprint density at radius 1 is 1.13 bits per heavy atom. The van der Waals surface area contributed by atoms with Crippen LogP contribution in [-0.4, -0.2) is 59.0 Å². The number of ether oxygens (including phenoxy) is 1. The zero-order valence-corrected chi connectivity index (χ0v) is 23.6. The fourth-order valence-electron chi connectivity index (χ4n) is 6.85. The summed E-state index contributed by atoms with van der Waals surface area (Å²) in [6.45, 7) is 12.3. The molecule has 0 spiro atoms. The second kappa shape index (κ2) is 10.4. The number of aliphatic hydroxyl groups excluding tert-OH is 1. The molecule has 4 fully saturated rings. The number of nitrogens with one attached hydrogen (secondary N) is 2. The average Bonchev–Trinajstić information content (AvgIpc) is 3.23. The molecular weight excluding hydrogens is 497 g/mol. The number of pyridine rings is 1. The molecule has 0 unspecified atom stereocenters. The third kappa shape index (κ3) is 5.26. The fraction of sp³-hybridized carbons (Fsp3) is 0.621. The van der Waals surface area contributed by atoms with Crippen LogP contribution >= 0.6 is 0 Å². The highest BCUT2D eigenvalue weighted by Gasteiger charge is 2.68. The molecular formula is C29H40BN3O6. The first-order valence-corrected chi connectivity index (χ1v) is 14.0. The number of hydrogen-bond acceptors (Lipinski definition) is 7. The van der Waals surface area contributed by atoms with Gasteiger partial charge in [-0.2, -0.15) is 0 Å². The van der Waals surface area contributed by atoms with Crippen molar-refractivity contribution in [2.24, 2.45) is 23.2 Å². The van der Waals surface area contributed by atoms with Gasteiger partial charge in [0, 0.05) is 11.5 Å². The number of carbonyl (C=O) groups is 2. The maximum atomic E-state index is 13.4. The highest BCUT2D eigenvalue weighted by atomic mass is 16.7. The SMILES string of the molecule is CC(C)C[C@H](NC(=O)[C@@H](NC(=O)Oc1ccc2ccccc2n1)[C@@H](C)O)B1O[C@@H]2C[C@@H]3C[C@@H](C3(C)C)[C@]2(C)O1. The molecule has 3 aliphatic carbocycles. The van der Waals surface area contributed by atoms with E-state index in [0.717, 1.165) is 18.2 Å². The molecule has 10 heteroatoms. The van der Waals surface area contributed by atoms with Crippen molar-refractivity contribution in [2.75, 3.05) is 0 Å². The van der Waals surface area contributed by atoms with E-state index in [1.807, 2.05) is 24.3 Å². The van der Waals surface area contributed by atoms with Crippen LogP contribution in [0.3, 0.4) is 0 Å². The predicted molar refractivity (Wildman–Crippen MR) is 148 cm³/mol. The number of rotatable bonds is 8. The van der Waals surface area contributed by atoms with Crippen LogP contribution in [0, 0.1) is 23.2 Å². The maximum Gasteiger partial charge on any atom is 0.481 e. The van der Waals surface area contributed by atoms with E-state index in [0.29, 0.717) is 23.8 Å². The van der Waals surface area contributed by atoms with Gasteiger partial charge in [-0.25, -0.2) is 9.78 Å². The van der Waals surface area contributed by atoms with Crippen molar-refractivity contribution >= 4 is 30.0 Å². The smallest absolute Gasteiger partial charge is 0.404 e. The molecule has 2 amide bonds. The molecule has 2 bridgehead atoms. The number of hydrogen-bond donors (Lipinski definition) is 3. The van der Waals surface area contributed by atoms with Crippen LogP contribution in [0.5, 0.6) is 5.88 Å². The van der Waals surface area contributed by atoms with E-state index in [9.17, 15) is 14.7 Å². The third-order valence-electron chi connectivity index (χ3n) is 9.16. The van der Waals surface area contributed by atoms with Crippen molar-refractivity contribution < 1.29 is 28.7 Å². The summed E-state index contributed by atoms with van der Waals surface area (Å²) in [7, 11) is -0.607. The molecule has 1 aliphatic heterocycles. The summed E-state index contributed by atoms with van der Waals surface area (Å²) in [5, 5.41) is 16.8. The predicted octanol–water partition coefficient (Wildman–Crippen LogP) is 3.87. The molecule has 1 aromatic carbocycles. The van der Waals surface area contributed by atoms with E-state index in [2.05, 4.69) is 50.2 Å². The van der Waals surface area contributed by atoms with Crippen LogP contribution in [0.4, 0.5) is 4.79 Å².